The van der Waals surface area contributed by atoms with Crippen LogP contribution in [0.2, 0.25) is 0 Å². The van der Waals surface area contributed by atoms with Gasteiger partial charge in [0.05, 0.1) is 6.54 Å². The van der Waals surface area contributed by atoms with Gasteiger partial charge in [0.15, 0.2) is 0 Å². The van der Waals surface area contributed by atoms with Crippen molar-refractivity contribution in [1.82, 2.24) is 0 Å². The molecule has 18 heavy (non-hydrogen) atoms. The number of benzene rings is 1. The summed E-state index contributed by atoms with van der Waals surface area (Å²) in [6.07, 6.45) is 0.385. The van der Waals surface area contributed by atoms with Crippen LogP contribution in [-0.2, 0) is 16.0 Å². The third-order valence-corrected chi connectivity index (χ3v) is 1.79. The Morgan fingerprint density at radius 3 is 1.94 bits per heavy atom. The Labute approximate surface area is 111 Å². The van der Waals surface area contributed by atoms with E-state index in [9.17, 15) is 9.59 Å². The van der Waals surface area contributed by atoms with Crippen molar-refractivity contribution in [1.29, 1.82) is 0 Å². The van der Waals surface area contributed by atoms with Gasteiger partial charge in [-0.1, -0.05) is 30.3 Å². The molecule has 0 unspecified atom stereocenters. The number of hydrogen-bond acceptors (Lipinski definition) is 4. The van der Waals surface area contributed by atoms with Crippen molar-refractivity contribution in [2.24, 2.45) is 11.5 Å². The maximum atomic E-state index is 10.4. The summed E-state index contributed by atoms with van der Waals surface area (Å²) >= 11 is 0. The summed E-state index contributed by atoms with van der Waals surface area (Å²) < 4.78 is 0. The van der Waals surface area contributed by atoms with E-state index in [2.05, 4.69) is 5.73 Å². The number of carbonyl (C=O) groups is 2. The van der Waals surface area contributed by atoms with Gasteiger partial charge >= 0.3 is 11.9 Å². The predicted molar refractivity (Wildman–Crippen MR) is 69.7 cm³/mol. The van der Waals surface area contributed by atoms with Gasteiger partial charge in [0.1, 0.15) is 6.04 Å². The molecule has 0 aliphatic rings. The van der Waals surface area contributed by atoms with E-state index in [1.54, 1.807) is 0 Å². The van der Waals surface area contributed by atoms with Crippen molar-refractivity contribution in [3.05, 3.63) is 35.9 Å². The summed E-state index contributed by atoms with van der Waals surface area (Å²) in [4.78, 5) is 19.6. The summed E-state index contributed by atoms with van der Waals surface area (Å²) in [6, 6.07) is 8.54. The van der Waals surface area contributed by atoms with Crippen LogP contribution in [0.25, 0.3) is 0 Å². The quantitative estimate of drug-likeness (QED) is 0.617. The Hall–Kier alpha value is -1.63. The lowest BCUT2D eigenvalue weighted by Gasteiger charge is -2.04. The van der Waals surface area contributed by atoms with Crippen molar-refractivity contribution in [2.75, 3.05) is 6.54 Å². The van der Waals surface area contributed by atoms with Crippen molar-refractivity contribution in [3.63, 3.8) is 0 Å². The molecule has 0 aliphatic carbocycles. The van der Waals surface area contributed by atoms with Gasteiger partial charge in [-0.3, -0.25) is 9.59 Å². The zero-order valence-corrected chi connectivity index (χ0v) is 10.5. The lowest BCUT2D eigenvalue weighted by molar-refractivity contribution is -0.138. The maximum Gasteiger partial charge on any atom is 0.320 e. The Morgan fingerprint density at radius 2 is 1.61 bits per heavy atom. The molecule has 0 aromatic heterocycles. The molecule has 0 radical (unpaired) electrons. The molecule has 6 N–H and O–H groups in total. The molecule has 1 atom stereocenters. The highest BCUT2D eigenvalue weighted by Gasteiger charge is 2.10. The SMILES string of the molecule is Cl.NCC(=O)O.N[C@@H](Cc1ccccc1)C(=O)O. The van der Waals surface area contributed by atoms with E-state index in [1.165, 1.54) is 0 Å². The molecule has 0 amide bonds. The highest BCUT2D eigenvalue weighted by Crippen LogP contribution is 2.01. The number of aliphatic carboxylic acids is 2. The van der Waals surface area contributed by atoms with Crippen molar-refractivity contribution in [3.8, 4) is 0 Å². The average molecular weight is 277 g/mol. The van der Waals surface area contributed by atoms with Gasteiger partial charge < -0.3 is 21.7 Å². The molecule has 0 bridgehead atoms. The molecule has 0 saturated heterocycles. The number of hydrogen-bond donors (Lipinski definition) is 4. The normalized spacial score (nSPS) is 10.3. The van der Waals surface area contributed by atoms with Crippen molar-refractivity contribution in [2.45, 2.75) is 12.5 Å². The molecular formula is C11H17ClN2O4. The minimum Gasteiger partial charge on any atom is -0.480 e. The first kappa shape index (κ1) is 18.7. The van der Waals surface area contributed by atoms with Crippen molar-refractivity contribution < 1.29 is 19.8 Å². The fraction of sp³-hybridized carbons (Fsp3) is 0.273. The molecule has 1 aromatic carbocycles. The topological polar surface area (TPSA) is 127 Å². The number of halogens is 1. The van der Waals surface area contributed by atoms with E-state index in [0.29, 0.717) is 6.42 Å². The van der Waals surface area contributed by atoms with Crippen LogP contribution in [0, 0.1) is 0 Å². The summed E-state index contributed by atoms with van der Waals surface area (Å²) in [5, 5.41) is 16.1. The van der Waals surface area contributed by atoms with Crippen LogP contribution in [0.1, 0.15) is 5.56 Å². The molecule has 0 saturated carbocycles. The first-order chi connectivity index (χ1) is 7.97. The molecule has 7 heteroatoms. The molecule has 1 aromatic rings. The first-order valence-electron chi connectivity index (χ1n) is 4.91. The van der Waals surface area contributed by atoms with Crippen LogP contribution >= 0.6 is 12.4 Å². The van der Waals surface area contributed by atoms with Gasteiger partial charge in [-0.25, -0.2) is 0 Å². The third-order valence-electron chi connectivity index (χ3n) is 1.79. The summed E-state index contributed by atoms with van der Waals surface area (Å²) in [5.74, 6) is -1.93. The first-order valence-corrected chi connectivity index (χ1v) is 4.91. The molecule has 0 fully saturated rings. The van der Waals surface area contributed by atoms with Crippen LogP contribution in [0.4, 0.5) is 0 Å². The highest BCUT2D eigenvalue weighted by atomic mass is 35.5. The average Bonchev–Trinajstić information content (AvgIpc) is 2.31. The van der Waals surface area contributed by atoms with E-state index in [0.717, 1.165) is 5.56 Å². The predicted octanol–water partition coefficient (Wildman–Crippen LogP) is 0.0925. The van der Waals surface area contributed by atoms with E-state index in [-0.39, 0.29) is 19.0 Å². The largest absolute Gasteiger partial charge is 0.480 e. The van der Waals surface area contributed by atoms with E-state index in [1.807, 2.05) is 30.3 Å². The monoisotopic (exact) mass is 276 g/mol. The summed E-state index contributed by atoms with van der Waals surface area (Å²) in [5.41, 5.74) is 10.9. The minimum absolute atomic E-state index is 0. The molecule has 1 rings (SSSR count). The lowest BCUT2D eigenvalue weighted by Crippen LogP contribution is -2.32. The Morgan fingerprint density at radius 1 is 1.17 bits per heavy atom. The van der Waals surface area contributed by atoms with Crippen LogP contribution in [0.5, 0.6) is 0 Å². The molecular weight excluding hydrogens is 260 g/mol. The zero-order valence-electron chi connectivity index (χ0n) is 9.65. The highest BCUT2D eigenvalue weighted by molar-refractivity contribution is 5.85. The fourth-order valence-electron chi connectivity index (χ4n) is 0.955. The summed E-state index contributed by atoms with van der Waals surface area (Å²) in [6.45, 7) is -0.278. The molecule has 102 valence electrons. The molecule has 0 spiro atoms. The van der Waals surface area contributed by atoms with Crippen LogP contribution in [0.15, 0.2) is 30.3 Å². The van der Waals surface area contributed by atoms with Crippen LogP contribution in [-0.4, -0.2) is 34.7 Å². The number of carboxylic acids is 2. The van der Waals surface area contributed by atoms with E-state index < -0.39 is 18.0 Å². The van der Waals surface area contributed by atoms with Gasteiger partial charge in [0.25, 0.3) is 0 Å². The zero-order chi connectivity index (χ0) is 13.3. The van der Waals surface area contributed by atoms with Gasteiger partial charge in [0, 0.05) is 0 Å². The molecule has 0 aliphatic heterocycles. The number of nitrogens with two attached hydrogens (primary N) is 2. The Kier molecular flexibility index (Phi) is 10.9. The second kappa shape index (κ2) is 10.5. The second-order valence-corrected chi connectivity index (χ2v) is 3.23. The van der Waals surface area contributed by atoms with Gasteiger partial charge in [-0.2, -0.15) is 0 Å². The van der Waals surface area contributed by atoms with Crippen LogP contribution < -0.4 is 11.5 Å². The van der Waals surface area contributed by atoms with E-state index in [4.69, 9.17) is 15.9 Å². The van der Waals surface area contributed by atoms with Gasteiger partial charge in [-0.05, 0) is 12.0 Å². The van der Waals surface area contributed by atoms with E-state index >= 15 is 0 Å². The van der Waals surface area contributed by atoms with Gasteiger partial charge in [-0.15, -0.1) is 12.4 Å². The molecule has 0 heterocycles. The van der Waals surface area contributed by atoms with Crippen LogP contribution in [0.3, 0.4) is 0 Å². The maximum absolute atomic E-state index is 10.4. The molecule has 6 nitrogen and oxygen atoms in total. The second-order valence-electron chi connectivity index (χ2n) is 3.23. The standard InChI is InChI=1S/C9H11NO2.C2H5NO2.ClH/c10-8(9(11)12)6-7-4-2-1-3-5-7;3-1-2(4)5;/h1-5,8H,6,10H2,(H,11,12);1,3H2,(H,4,5);1H/t8-;;/m0../s1. The Balaban J connectivity index is 0. The van der Waals surface area contributed by atoms with Crippen molar-refractivity contribution >= 4 is 24.3 Å². The minimum atomic E-state index is -0.968. The Bertz CT molecular complexity index is 359. The third kappa shape index (κ3) is 9.59. The fourth-order valence-corrected chi connectivity index (χ4v) is 0.955. The van der Waals surface area contributed by atoms with Gasteiger partial charge in [0.2, 0.25) is 0 Å². The summed E-state index contributed by atoms with van der Waals surface area (Å²) in [7, 11) is 0. The number of carboxylic acid groups (broad SMARTS) is 2. The lowest BCUT2D eigenvalue weighted by atomic mass is 10.1. The number of rotatable bonds is 4. The smallest absolute Gasteiger partial charge is 0.320 e.